The summed E-state index contributed by atoms with van der Waals surface area (Å²) in [6.07, 6.45) is 1.87. The lowest BCUT2D eigenvalue weighted by Gasteiger charge is -2.12. The first kappa shape index (κ1) is 15.2. The summed E-state index contributed by atoms with van der Waals surface area (Å²) in [5.74, 6) is 0.0321. The minimum Gasteiger partial charge on any atom is -0.369 e. The molecule has 0 saturated carbocycles. The topological polar surface area (TPSA) is 156 Å². The van der Waals surface area contributed by atoms with Crippen LogP contribution in [0, 0.1) is 5.92 Å². The molecule has 120 valence electrons. The van der Waals surface area contributed by atoms with Crippen LogP contribution in [0.25, 0.3) is 11.2 Å². The molecule has 22 heavy (non-hydrogen) atoms. The molecule has 0 amide bonds. The van der Waals surface area contributed by atoms with Crippen molar-refractivity contribution in [2.24, 2.45) is 5.92 Å². The highest BCUT2D eigenvalue weighted by Crippen LogP contribution is 2.39. The number of ether oxygens (including phenoxy) is 1. The van der Waals surface area contributed by atoms with Crippen LogP contribution in [0.5, 0.6) is 0 Å². The maximum atomic E-state index is 11.7. The molecule has 11 heteroatoms. The van der Waals surface area contributed by atoms with E-state index in [2.05, 4.69) is 15.0 Å². The Hall–Kier alpha value is -1.74. The lowest BCUT2D eigenvalue weighted by Crippen LogP contribution is -2.14. The fraction of sp³-hybridized carbons (Fsp3) is 0.545. The fourth-order valence-electron chi connectivity index (χ4n) is 2.57. The summed E-state index contributed by atoms with van der Waals surface area (Å²) in [5.41, 5.74) is 5.63. The van der Waals surface area contributed by atoms with Crippen LogP contribution in [0.2, 0.25) is 0 Å². The van der Waals surface area contributed by atoms with Gasteiger partial charge in [-0.1, -0.05) is 0 Å². The molecule has 0 unspecified atom stereocenters. The number of nitrogen functional groups attached to an aromatic ring is 1. The molecule has 3 heterocycles. The predicted molar refractivity (Wildman–Crippen MR) is 77.2 cm³/mol. The van der Waals surface area contributed by atoms with Gasteiger partial charge >= 0.3 is 7.60 Å². The average Bonchev–Trinajstić information content (AvgIpc) is 3.01. The third-order valence-electron chi connectivity index (χ3n) is 3.65. The monoisotopic (exact) mass is 329 g/mol. The molecular formula is C11H16N5O5P. The molecule has 0 radical (unpaired) electrons. The second-order valence-electron chi connectivity index (χ2n) is 5.34. The van der Waals surface area contributed by atoms with Crippen LogP contribution >= 0.6 is 7.60 Å². The van der Waals surface area contributed by atoms with Crippen molar-refractivity contribution in [2.75, 3.05) is 18.5 Å². The minimum absolute atomic E-state index is 0.00436. The molecule has 2 atom stereocenters. The number of anilines is 1. The van der Waals surface area contributed by atoms with Gasteiger partial charge in [-0.3, -0.25) is 18.9 Å². The second kappa shape index (κ2) is 5.47. The quantitative estimate of drug-likeness (QED) is 0.562. The molecular weight excluding hydrogens is 313 g/mol. The highest BCUT2D eigenvalue weighted by atomic mass is 31.2. The molecule has 10 nitrogen and oxygen atoms in total. The van der Waals surface area contributed by atoms with E-state index >= 15 is 0 Å². The highest BCUT2D eigenvalue weighted by molar-refractivity contribution is 7.51. The van der Waals surface area contributed by atoms with Crippen molar-refractivity contribution in [2.45, 2.75) is 19.1 Å². The first-order valence-electron chi connectivity index (χ1n) is 6.72. The number of fused-ring (bicyclic) bond motifs is 1. The molecule has 2 aromatic rings. The van der Waals surface area contributed by atoms with E-state index in [4.69, 9.17) is 20.3 Å². The number of nitrogens with one attached hydrogen (secondary N) is 1. The standard InChI is InChI=1S/C11H16N5O5P/c12-11-14-9-8(10(17)15-11)13-5-16(9)7-3-6(4-21-7)1-2-22(18,19)20/h5-7H,1-4H2,(H2,18,19,20)(H3,12,14,15,17)/t6-,7-/m1/s1. The van der Waals surface area contributed by atoms with Crippen LogP contribution in [0.4, 0.5) is 5.95 Å². The first-order valence-corrected chi connectivity index (χ1v) is 8.52. The third-order valence-corrected chi connectivity index (χ3v) is 4.49. The van der Waals surface area contributed by atoms with Crippen molar-refractivity contribution in [3.8, 4) is 0 Å². The number of nitrogens with two attached hydrogens (primary N) is 1. The number of aromatic amines is 1. The molecule has 3 rings (SSSR count). The highest BCUT2D eigenvalue weighted by Gasteiger charge is 2.30. The van der Waals surface area contributed by atoms with Gasteiger partial charge in [0.1, 0.15) is 6.23 Å². The van der Waals surface area contributed by atoms with Crippen molar-refractivity contribution >= 4 is 24.7 Å². The van der Waals surface area contributed by atoms with Gasteiger partial charge in [-0.05, 0) is 18.8 Å². The van der Waals surface area contributed by atoms with Gasteiger partial charge in [0.05, 0.1) is 19.1 Å². The molecule has 0 aliphatic carbocycles. The Kier molecular flexibility index (Phi) is 3.77. The second-order valence-corrected chi connectivity index (χ2v) is 7.12. The lowest BCUT2D eigenvalue weighted by atomic mass is 10.1. The van der Waals surface area contributed by atoms with E-state index in [0.717, 1.165) is 0 Å². The van der Waals surface area contributed by atoms with E-state index in [1.807, 2.05) is 0 Å². The van der Waals surface area contributed by atoms with Crippen LogP contribution < -0.4 is 11.3 Å². The van der Waals surface area contributed by atoms with Gasteiger partial charge in [-0.15, -0.1) is 0 Å². The molecule has 1 fully saturated rings. The van der Waals surface area contributed by atoms with Gasteiger partial charge in [-0.2, -0.15) is 4.98 Å². The van der Waals surface area contributed by atoms with Gasteiger partial charge in [-0.25, -0.2) is 4.98 Å². The summed E-state index contributed by atoms with van der Waals surface area (Å²) >= 11 is 0. The van der Waals surface area contributed by atoms with Crippen LogP contribution in [-0.2, 0) is 9.30 Å². The van der Waals surface area contributed by atoms with E-state index in [-0.39, 0.29) is 29.8 Å². The Bertz CT molecular complexity index is 796. The summed E-state index contributed by atoms with van der Waals surface area (Å²) in [6.45, 7) is 0.392. The van der Waals surface area contributed by atoms with Gasteiger partial charge < -0.3 is 20.3 Å². The zero-order chi connectivity index (χ0) is 15.9. The van der Waals surface area contributed by atoms with Gasteiger partial charge in [0.2, 0.25) is 5.95 Å². The number of nitrogens with zero attached hydrogens (tertiary/aromatic N) is 3. The van der Waals surface area contributed by atoms with Crippen molar-refractivity contribution in [1.82, 2.24) is 19.5 Å². The number of hydrogen-bond donors (Lipinski definition) is 4. The first-order chi connectivity index (χ1) is 10.3. The number of hydrogen-bond acceptors (Lipinski definition) is 6. The van der Waals surface area contributed by atoms with Gasteiger partial charge in [0, 0.05) is 0 Å². The summed E-state index contributed by atoms with van der Waals surface area (Å²) in [5, 5.41) is 0. The smallest absolute Gasteiger partial charge is 0.325 e. The number of imidazole rings is 1. The Balaban J connectivity index is 1.79. The Morgan fingerprint density at radius 3 is 3.05 bits per heavy atom. The Labute approximate surface area is 124 Å². The van der Waals surface area contributed by atoms with Crippen molar-refractivity contribution in [3.63, 3.8) is 0 Å². The normalized spacial score (nSPS) is 22.5. The minimum atomic E-state index is -4.00. The zero-order valence-corrected chi connectivity index (χ0v) is 12.4. The molecule has 1 aliphatic rings. The van der Waals surface area contributed by atoms with Gasteiger partial charge in [0.25, 0.3) is 5.56 Å². The Morgan fingerprint density at radius 2 is 2.32 bits per heavy atom. The van der Waals surface area contributed by atoms with Crippen molar-refractivity contribution in [3.05, 3.63) is 16.7 Å². The van der Waals surface area contributed by atoms with Crippen molar-refractivity contribution in [1.29, 1.82) is 0 Å². The molecule has 1 aliphatic heterocycles. The van der Waals surface area contributed by atoms with Crippen LogP contribution in [-0.4, -0.2) is 42.1 Å². The lowest BCUT2D eigenvalue weighted by molar-refractivity contribution is 0.0569. The summed E-state index contributed by atoms with van der Waals surface area (Å²) in [4.78, 5) is 40.0. The number of aromatic nitrogens is 4. The van der Waals surface area contributed by atoms with E-state index in [1.54, 1.807) is 4.57 Å². The average molecular weight is 329 g/mol. The predicted octanol–water partition coefficient (Wildman–Crippen LogP) is -0.195. The molecule has 0 bridgehead atoms. The Morgan fingerprint density at radius 1 is 1.55 bits per heavy atom. The summed E-state index contributed by atoms with van der Waals surface area (Å²) in [6, 6.07) is 0. The molecule has 1 saturated heterocycles. The van der Waals surface area contributed by atoms with Crippen LogP contribution in [0.1, 0.15) is 19.1 Å². The molecule has 0 aromatic carbocycles. The van der Waals surface area contributed by atoms with Gasteiger partial charge in [0.15, 0.2) is 11.2 Å². The largest absolute Gasteiger partial charge is 0.369 e. The molecule has 2 aromatic heterocycles. The van der Waals surface area contributed by atoms with Crippen LogP contribution in [0.3, 0.4) is 0 Å². The van der Waals surface area contributed by atoms with E-state index in [0.29, 0.717) is 25.1 Å². The van der Waals surface area contributed by atoms with E-state index in [9.17, 15) is 9.36 Å². The summed E-state index contributed by atoms with van der Waals surface area (Å²) < 4.78 is 18.2. The zero-order valence-electron chi connectivity index (χ0n) is 11.5. The maximum absolute atomic E-state index is 11.7. The molecule has 0 spiro atoms. The van der Waals surface area contributed by atoms with Crippen molar-refractivity contribution < 1.29 is 19.1 Å². The fourth-order valence-corrected chi connectivity index (χ4v) is 3.27. The number of H-pyrrole nitrogens is 1. The SMILES string of the molecule is Nc1nc2c(ncn2[C@H]2C[C@@H](CCP(=O)(O)O)CO2)c(=O)[nH]1. The van der Waals surface area contributed by atoms with Crippen LogP contribution in [0.15, 0.2) is 11.1 Å². The van der Waals surface area contributed by atoms with E-state index < -0.39 is 13.2 Å². The molecule has 5 N–H and O–H groups in total. The van der Waals surface area contributed by atoms with E-state index in [1.165, 1.54) is 6.33 Å². The maximum Gasteiger partial charge on any atom is 0.325 e. The number of rotatable bonds is 4. The third kappa shape index (κ3) is 3.05. The summed E-state index contributed by atoms with van der Waals surface area (Å²) in [7, 11) is -4.00.